The molecule has 1 aliphatic rings. The molecule has 2 aromatic rings. The summed E-state index contributed by atoms with van der Waals surface area (Å²) in [6.07, 6.45) is 0.725. The molecule has 120 valence electrons. The first-order valence-electron chi connectivity index (χ1n) is 7.74. The van der Waals surface area contributed by atoms with Crippen LogP contribution in [-0.4, -0.2) is 28.7 Å². The third-order valence-electron chi connectivity index (χ3n) is 4.01. The highest BCUT2D eigenvalue weighted by Gasteiger charge is 2.33. The van der Waals surface area contributed by atoms with Gasteiger partial charge in [0.15, 0.2) is 5.60 Å². The Labute approximate surface area is 135 Å². The van der Waals surface area contributed by atoms with Crippen molar-refractivity contribution in [1.29, 1.82) is 0 Å². The van der Waals surface area contributed by atoms with E-state index in [0.717, 1.165) is 34.3 Å². The highest BCUT2D eigenvalue weighted by Crippen LogP contribution is 2.23. The average Bonchev–Trinajstić information content (AvgIpc) is 2.84. The lowest BCUT2D eigenvalue weighted by molar-refractivity contribution is -0.00180. The van der Waals surface area contributed by atoms with E-state index in [9.17, 15) is 4.79 Å². The summed E-state index contributed by atoms with van der Waals surface area (Å²) in [6, 6.07) is 7.78. The van der Waals surface area contributed by atoms with E-state index in [1.165, 1.54) is 0 Å². The number of aromatic nitrogens is 1. The molecular weight excluding hydrogens is 290 g/mol. The third kappa shape index (κ3) is 3.18. The second-order valence-electron chi connectivity index (χ2n) is 6.56. The van der Waals surface area contributed by atoms with E-state index in [4.69, 9.17) is 4.84 Å². The predicted molar refractivity (Wildman–Crippen MR) is 90.8 cm³/mol. The second-order valence-corrected chi connectivity index (χ2v) is 6.56. The maximum absolute atomic E-state index is 12.7. The quantitative estimate of drug-likeness (QED) is 0.947. The lowest BCUT2D eigenvalue weighted by Gasteiger charge is -2.22. The zero-order valence-electron chi connectivity index (χ0n) is 13.9. The smallest absolute Gasteiger partial charge is 0.252 e. The molecule has 0 spiro atoms. The summed E-state index contributed by atoms with van der Waals surface area (Å²) < 4.78 is 0. The molecule has 0 fully saturated rings. The minimum Gasteiger partial charge on any atom is -0.387 e. The number of rotatable bonds is 3. The minimum absolute atomic E-state index is 0.111. The maximum atomic E-state index is 12.7. The molecule has 5 heteroatoms. The molecule has 1 aliphatic heterocycles. The van der Waals surface area contributed by atoms with E-state index in [1.807, 2.05) is 52.0 Å². The fraction of sp³-hybridized carbons (Fsp3) is 0.389. The molecule has 5 nitrogen and oxygen atoms in total. The number of fused-ring (bicyclic) bond motifs is 1. The van der Waals surface area contributed by atoms with Crippen molar-refractivity contribution in [3.05, 3.63) is 41.1 Å². The van der Waals surface area contributed by atoms with Crippen molar-refractivity contribution in [1.82, 2.24) is 10.3 Å². The highest BCUT2D eigenvalue weighted by atomic mass is 16.7. The Kier molecular flexibility index (Phi) is 3.80. The van der Waals surface area contributed by atoms with Crippen LogP contribution in [0.5, 0.6) is 0 Å². The van der Waals surface area contributed by atoms with Crippen molar-refractivity contribution in [3.63, 3.8) is 0 Å². The Morgan fingerprint density at radius 3 is 2.78 bits per heavy atom. The number of nitrogens with one attached hydrogen (secondary N) is 1. The van der Waals surface area contributed by atoms with Gasteiger partial charge in [0.2, 0.25) is 0 Å². The molecule has 0 saturated carbocycles. The summed E-state index contributed by atoms with van der Waals surface area (Å²) in [6.45, 7) is 8.20. The second kappa shape index (κ2) is 5.65. The Hall–Kier alpha value is -2.43. The number of aryl methyl sites for hydroxylation is 2. The Morgan fingerprint density at radius 1 is 1.30 bits per heavy atom. The zero-order valence-corrected chi connectivity index (χ0v) is 13.9. The van der Waals surface area contributed by atoms with Crippen LogP contribution in [0.3, 0.4) is 0 Å². The number of pyridine rings is 1. The van der Waals surface area contributed by atoms with Crippen LogP contribution in [0.4, 0.5) is 0 Å². The monoisotopic (exact) mass is 311 g/mol. The summed E-state index contributed by atoms with van der Waals surface area (Å²) >= 11 is 0. The molecule has 1 atom stereocenters. The van der Waals surface area contributed by atoms with Gasteiger partial charge < -0.3 is 10.2 Å². The van der Waals surface area contributed by atoms with Crippen LogP contribution in [-0.2, 0) is 4.84 Å². The van der Waals surface area contributed by atoms with Gasteiger partial charge in [-0.2, -0.15) is 0 Å². The zero-order chi connectivity index (χ0) is 16.6. The van der Waals surface area contributed by atoms with Gasteiger partial charge in [0.05, 0.1) is 23.3 Å². The van der Waals surface area contributed by atoms with E-state index in [1.54, 1.807) is 0 Å². The number of oxime groups is 1. The fourth-order valence-electron chi connectivity index (χ4n) is 2.91. The number of nitrogens with zero attached hydrogens (tertiary/aromatic N) is 2. The number of hydrogen-bond acceptors (Lipinski definition) is 4. The topological polar surface area (TPSA) is 63.6 Å². The van der Waals surface area contributed by atoms with Gasteiger partial charge in [-0.3, -0.25) is 9.78 Å². The lowest BCUT2D eigenvalue weighted by Crippen LogP contribution is -2.40. The van der Waals surface area contributed by atoms with Crippen molar-refractivity contribution in [2.75, 3.05) is 6.54 Å². The van der Waals surface area contributed by atoms with Crippen molar-refractivity contribution in [3.8, 4) is 0 Å². The molecule has 3 rings (SSSR count). The summed E-state index contributed by atoms with van der Waals surface area (Å²) in [4.78, 5) is 22.6. The maximum Gasteiger partial charge on any atom is 0.252 e. The first-order valence-corrected chi connectivity index (χ1v) is 7.74. The fourth-order valence-corrected chi connectivity index (χ4v) is 2.91. The van der Waals surface area contributed by atoms with Gasteiger partial charge in [-0.25, -0.2) is 0 Å². The summed E-state index contributed by atoms with van der Waals surface area (Å²) in [5, 5.41) is 7.82. The van der Waals surface area contributed by atoms with Gasteiger partial charge in [-0.05, 0) is 45.9 Å². The largest absolute Gasteiger partial charge is 0.387 e. The average molecular weight is 311 g/mol. The van der Waals surface area contributed by atoms with E-state index in [-0.39, 0.29) is 5.91 Å². The van der Waals surface area contributed by atoms with Gasteiger partial charge in [-0.1, -0.05) is 16.8 Å². The van der Waals surface area contributed by atoms with Crippen molar-refractivity contribution in [2.24, 2.45) is 5.16 Å². The van der Waals surface area contributed by atoms with Crippen molar-refractivity contribution in [2.45, 2.75) is 39.7 Å². The molecule has 1 aromatic carbocycles. The Morgan fingerprint density at radius 2 is 2.09 bits per heavy atom. The minimum atomic E-state index is -0.465. The number of hydrogen-bond donors (Lipinski definition) is 1. The van der Waals surface area contributed by atoms with Gasteiger partial charge in [0, 0.05) is 17.5 Å². The summed E-state index contributed by atoms with van der Waals surface area (Å²) in [5.74, 6) is -0.111. The first-order chi connectivity index (χ1) is 10.9. The van der Waals surface area contributed by atoms with E-state index in [2.05, 4.69) is 15.5 Å². The van der Waals surface area contributed by atoms with E-state index < -0.39 is 5.60 Å². The number of benzene rings is 1. The molecule has 1 amide bonds. The van der Waals surface area contributed by atoms with Crippen molar-refractivity contribution >= 4 is 22.5 Å². The Bertz CT molecular complexity index is 813. The normalized spacial score (nSPS) is 20.3. The molecule has 1 unspecified atom stereocenters. The van der Waals surface area contributed by atoms with E-state index >= 15 is 0 Å². The Balaban J connectivity index is 1.85. The van der Waals surface area contributed by atoms with Crippen LogP contribution in [0.2, 0.25) is 0 Å². The van der Waals surface area contributed by atoms with Crippen molar-refractivity contribution < 1.29 is 9.63 Å². The van der Waals surface area contributed by atoms with Crippen LogP contribution in [0.15, 0.2) is 29.4 Å². The molecule has 0 bridgehead atoms. The van der Waals surface area contributed by atoms with E-state index in [0.29, 0.717) is 12.1 Å². The standard InChI is InChI=1S/C18H21N3O2/c1-11-5-6-16-14(7-11)15(8-12(2)20-16)17(22)19-10-18(4)9-13(3)21-23-18/h5-8H,9-10H2,1-4H3,(H,19,22). The number of amides is 1. The molecule has 23 heavy (non-hydrogen) atoms. The predicted octanol–water partition coefficient (Wildman–Crippen LogP) is 3.14. The van der Waals surface area contributed by atoms with Crippen LogP contribution in [0.25, 0.3) is 10.9 Å². The molecule has 1 aromatic heterocycles. The molecule has 0 saturated heterocycles. The molecule has 0 aliphatic carbocycles. The number of carbonyl (C=O) groups is 1. The van der Waals surface area contributed by atoms with Gasteiger partial charge in [0.1, 0.15) is 0 Å². The highest BCUT2D eigenvalue weighted by molar-refractivity contribution is 6.06. The lowest BCUT2D eigenvalue weighted by atomic mass is 10.00. The van der Waals surface area contributed by atoms with Gasteiger partial charge in [0.25, 0.3) is 5.91 Å². The summed E-state index contributed by atoms with van der Waals surface area (Å²) in [5.41, 5.74) is 3.90. The van der Waals surface area contributed by atoms with Gasteiger partial charge >= 0.3 is 0 Å². The molecule has 0 radical (unpaired) electrons. The third-order valence-corrected chi connectivity index (χ3v) is 4.01. The first kappa shape index (κ1) is 15.5. The van der Waals surface area contributed by atoms with Crippen LogP contribution in [0.1, 0.15) is 41.9 Å². The molecule has 2 heterocycles. The number of carbonyl (C=O) groups excluding carboxylic acids is 1. The summed E-state index contributed by atoms with van der Waals surface area (Å²) in [7, 11) is 0. The van der Waals surface area contributed by atoms with Gasteiger partial charge in [-0.15, -0.1) is 0 Å². The van der Waals surface area contributed by atoms with Crippen LogP contribution >= 0.6 is 0 Å². The van der Waals surface area contributed by atoms with Crippen LogP contribution < -0.4 is 5.32 Å². The molecule has 1 N–H and O–H groups in total. The van der Waals surface area contributed by atoms with Crippen LogP contribution in [0, 0.1) is 13.8 Å². The SMILES string of the molecule is CC1=NOC(C)(CNC(=O)c2cc(C)nc3ccc(C)cc23)C1. The molecular formula is C18H21N3O2.